The highest BCUT2D eigenvalue weighted by Crippen LogP contribution is 2.03. The number of rotatable bonds is 3. The van der Waals surface area contributed by atoms with E-state index in [0.29, 0.717) is 0 Å². The van der Waals surface area contributed by atoms with E-state index < -0.39 is 18.0 Å². The lowest BCUT2D eigenvalue weighted by atomic mass is 10.1. The fourth-order valence-electron chi connectivity index (χ4n) is 1.11. The van der Waals surface area contributed by atoms with Gasteiger partial charge in [-0.15, -0.1) is 0 Å². The van der Waals surface area contributed by atoms with E-state index in [1.54, 1.807) is 24.3 Å². The molecule has 1 amide bonds. The minimum absolute atomic E-state index is 0.152. The molecule has 5 nitrogen and oxygen atoms in total. The molecule has 0 aliphatic carbocycles. The molecule has 0 bridgehead atoms. The zero-order valence-electron chi connectivity index (χ0n) is 8.84. The van der Waals surface area contributed by atoms with Gasteiger partial charge in [0.2, 0.25) is 5.91 Å². The summed E-state index contributed by atoms with van der Waals surface area (Å²) in [5, 5.41) is 9.46. The summed E-state index contributed by atoms with van der Waals surface area (Å²) in [6.45, 7) is 1.21. The number of hydrogen-bond donors (Lipinski definition) is 2. The number of nitrogens with one attached hydrogen (secondary N) is 1. The molecule has 1 aromatic rings. The molecule has 0 aromatic heterocycles. The zero-order chi connectivity index (χ0) is 12.0. The average molecular weight is 223 g/mol. The van der Waals surface area contributed by atoms with Crippen LogP contribution in [0.4, 0.5) is 0 Å². The van der Waals surface area contributed by atoms with E-state index in [-0.39, 0.29) is 6.42 Å². The van der Waals surface area contributed by atoms with Crippen LogP contribution in [-0.4, -0.2) is 23.1 Å². The van der Waals surface area contributed by atoms with E-state index in [0.717, 1.165) is 5.56 Å². The van der Waals surface area contributed by atoms with Crippen LogP contribution in [0.15, 0.2) is 30.3 Å². The van der Waals surface area contributed by atoms with Gasteiger partial charge in [0.05, 0.1) is 0 Å². The van der Waals surface area contributed by atoms with Crippen LogP contribution in [0.25, 0.3) is 0 Å². The van der Waals surface area contributed by atoms with Crippen molar-refractivity contribution in [3.63, 3.8) is 0 Å². The first-order valence-electron chi connectivity index (χ1n) is 4.79. The van der Waals surface area contributed by atoms with E-state index in [1.165, 1.54) is 6.92 Å². The summed E-state index contributed by atoms with van der Waals surface area (Å²) in [4.78, 5) is 26.0. The molecular weight excluding hydrogens is 210 g/mol. The highest BCUT2D eigenvalue weighted by atomic mass is 16.7. The number of carbonyl (C=O) groups excluding carboxylic acids is 2. The topological polar surface area (TPSA) is 75.6 Å². The van der Waals surface area contributed by atoms with Gasteiger partial charge in [-0.1, -0.05) is 30.3 Å². The molecule has 2 N–H and O–H groups in total. The van der Waals surface area contributed by atoms with Gasteiger partial charge in [-0.3, -0.25) is 4.79 Å². The third-order valence-electron chi connectivity index (χ3n) is 1.84. The van der Waals surface area contributed by atoms with Gasteiger partial charge in [-0.25, -0.2) is 4.79 Å². The van der Waals surface area contributed by atoms with E-state index in [4.69, 9.17) is 0 Å². The van der Waals surface area contributed by atoms with E-state index in [1.807, 2.05) is 11.5 Å². The second kappa shape index (κ2) is 5.87. The SMILES string of the molecule is CC(=O)NOC(=O)C(O)Cc1ccccc1. The number of hydrogen-bond acceptors (Lipinski definition) is 4. The van der Waals surface area contributed by atoms with Gasteiger partial charge in [0.15, 0.2) is 6.10 Å². The molecule has 5 heteroatoms. The Labute approximate surface area is 93.0 Å². The van der Waals surface area contributed by atoms with Crippen LogP contribution >= 0.6 is 0 Å². The molecule has 0 radical (unpaired) electrons. The molecule has 1 atom stereocenters. The molecule has 1 rings (SSSR count). The predicted octanol–water partition coefficient (Wildman–Crippen LogP) is 0.184. The van der Waals surface area contributed by atoms with Crippen molar-refractivity contribution in [3.8, 4) is 0 Å². The maximum absolute atomic E-state index is 11.2. The molecule has 0 saturated carbocycles. The molecule has 0 aliphatic rings. The summed E-state index contributed by atoms with van der Waals surface area (Å²) >= 11 is 0. The lowest BCUT2D eigenvalue weighted by Gasteiger charge is -2.09. The Bertz CT molecular complexity index is 364. The molecule has 1 unspecified atom stereocenters. The first kappa shape index (κ1) is 12.2. The number of benzene rings is 1. The molecule has 0 spiro atoms. The van der Waals surface area contributed by atoms with Crippen LogP contribution in [0.1, 0.15) is 12.5 Å². The zero-order valence-corrected chi connectivity index (χ0v) is 8.84. The summed E-state index contributed by atoms with van der Waals surface area (Å²) < 4.78 is 0. The van der Waals surface area contributed by atoms with Gasteiger partial charge < -0.3 is 9.94 Å². The molecule has 0 fully saturated rings. The third kappa shape index (κ3) is 4.10. The van der Waals surface area contributed by atoms with Crippen molar-refractivity contribution in [1.29, 1.82) is 0 Å². The highest BCUT2D eigenvalue weighted by Gasteiger charge is 2.17. The van der Waals surface area contributed by atoms with Crippen LogP contribution in [0.2, 0.25) is 0 Å². The first-order valence-corrected chi connectivity index (χ1v) is 4.79. The summed E-state index contributed by atoms with van der Waals surface area (Å²) in [5.74, 6) is -1.38. The van der Waals surface area contributed by atoms with Gasteiger partial charge >= 0.3 is 5.97 Å². The number of aliphatic hydroxyl groups is 1. The lowest BCUT2D eigenvalue weighted by Crippen LogP contribution is -2.32. The Hall–Kier alpha value is -1.88. The second-order valence-corrected chi connectivity index (χ2v) is 3.28. The first-order chi connectivity index (χ1) is 7.59. The third-order valence-corrected chi connectivity index (χ3v) is 1.84. The Morgan fingerprint density at radius 2 is 2.00 bits per heavy atom. The number of hydroxylamine groups is 1. The monoisotopic (exact) mass is 223 g/mol. The predicted molar refractivity (Wildman–Crippen MR) is 56.1 cm³/mol. The summed E-state index contributed by atoms with van der Waals surface area (Å²) in [6.07, 6.45) is -1.13. The van der Waals surface area contributed by atoms with E-state index in [2.05, 4.69) is 4.84 Å². The molecule has 1 aromatic carbocycles. The maximum atomic E-state index is 11.2. The quantitative estimate of drug-likeness (QED) is 0.717. The Balaban J connectivity index is 2.43. The molecule has 0 aliphatic heterocycles. The van der Waals surface area contributed by atoms with Crippen LogP contribution in [0.3, 0.4) is 0 Å². The Morgan fingerprint density at radius 3 is 2.56 bits per heavy atom. The minimum atomic E-state index is -1.28. The van der Waals surface area contributed by atoms with Crippen LogP contribution in [0, 0.1) is 0 Å². The van der Waals surface area contributed by atoms with Crippen molar-refractivity contribution in [1.82, 2.24) is 5.48 Å². The van der Waals surface area contributed by atoms with Gasteiger partial charge in [-0.2, -0.15) is 5.48 Å². The van der Waals surface area contributed by atoms with Gasteiger partial charge in [0.25, 0.3) is 0 Å². The van der Waals surface area contributed by atoms with Crippen molar-refractivity contribution in [2.45, 2.75) is 19.4 Å². The van der Waals surface area contributed by atoms with Gasteiger partial charge in [0.1, 0.15) is 0 Å². The average Bonchev–Trinajstić information content (AvgIpc) is 2.27. The van der Waals surface area contributed by atoms with Crippen molar-refractivity contribution >= 4 is 11.9 Å². The number of amides is 1. The summed E-state index contributed by atoms with van der Waals surface area (Å²) in [6, 6.07) is 9.03. The second-order valence-electron chi connectivity index (χ2n) is 3.28. The Morgan fingerprint density at radius 1 is 1.38 bits per heavy atom. The normalized spacial score (nSPS) is 11.6. The minimum Gasteiger partial charge on any atom is -0.381 e. The van der Waals surface area contributed by atoms with Crippen LogP contribution in [0.5, 0.6) is 0 Å². The molecule has 0 saturated heterocycles. The number of aliphatic hydroxyl groups excluding tert-OH is 1. The van der Waals surface area contributed by atoms with Gasteiger partial charge in [-0.05, 0) is 5.56 Å². The van der Waals surface area contributed by atoms with Crippen molar-refractivity contribution in [3.05, 3.63) is 35.9 Å². The maximum Gasteiger partial charge on any atom is 0.360 e. The van der Waals surface area contributed by atoms with Crippen molar-refractivity contribution in [2.75, 3.05) is 0 Å². The smallest absolute Gasteiger partial charge is 0.360 e. The van der Waals surface area contributed by atoms with Gasteiger partial charge in [0, 0.05) is 13.3 Å². The van der Waals surface area contributed by atoms with Crippen LogP contribution < -0.4 is 5.48 Å². The summed E-state index contributed by atoms with van der Waals surface area (Å²) in [5.41, 5.74) is 2.68. The summed E-state index contributed by atoms with van der Waals surface area (Å²) in [7, 11) is 0. The largest absolute Gasteiger partial charge is 0.381 e. The Kier molecular flexibility index (Phi) is 4.47. The molecular formula is C11H13NO4. The fraction of sp³-hybridized carbons (Fsp3) is 0.273. The molecule has 0 heterocycles. The molecule has 16 heavy (non-hydrogen) atoms. The number of carbonyl (C=O) groups is 2. The van der Waals surface area contributed by atoms with Crippen molar-refractivity contribution < 1.29 is 19.5 Å². The van der Waals surface area contributed by atoms with E-state index >= 15 is 0 Å². The van der Waals surface area contributed by atoms with E-state index in [9.17, 15) is 14.7 Å². The standard InChI is InChI=1S/C11H13NO4/c1-8(13)12-16-11(15)10(14)7-9-5-3-2-4-6-9/h2-6,10,14H,7H2,1H3,(H,12,13). The fourth-order valence-corrected chi connectivity index (χ4v) is 1.11. The highest BCUT2D eigenvalue weighted by molar-refractivity contribution is 5.78. The molecule has 86 valence electrons. The van der Waals surface area contributed by atoms with Crippen LogP contribution in [-0.2, 0) is 20.8 Å². The van der Waals surface area contributed by atoms with Crippen molar-refractivity contribution in [2.24, 2.45) is 0 Å². The lowest BCUT2D eigenvalue weighted by molar-refractivity contribution is -0.165.